The van der Waals surface area contributed by atoms with Gasteiger partial charge < -0.3 is 14.0 Å². The van der Waals surface area contributed by atoms with Crippen LogP contribution < -0.4 is 4.74 Å². The number of methoxy groups -OCH3 is 1. The van der Waals surface area contributed by atoms with Gasteiger partial charge in [0, 0.05) is 35.6 Å². The minimum absolute atomic E-state index is 0.0940. The van der Waals surface area contributed by atoms with Crippen molar-refractivity contribution >= 4 is 40.1 Å². The summed E-state index contributed by atoms with van der Waals surface area (Å²) in [4.78, 5) is 11.9. The van der Waals surface area contributed by atoms with Crippen molar-refractivity contribution in [2.24, 2.45) is 7.05 Å². The summed E-state index contributed by atoms with van der Waals surface area (Å²) < 4.78 is 36.3. The van der Waals surface area contributed by atoms with Gasteiger partial charge in [-0.15, -0.1) is 0 Å². The lowest BCUT2D eigenvalue weighted by Crippen LogP contribution is -2.06. The molecule has 0 atom stereocenters. The van der Waals surface area contributed by atoms with Crippen LogP contribution >= 0.6 is 23.2 Å². The number of ether oxygens (including phenoxy) is 2. The first kappa shape index (κ1) is 20.4. The predicted molar refractivity (Wildman–Crippen MR) is 105 cm³/mol. The number of benzene rings is 2. The highest BCUT2D eigenvalue weighted by molar-refractivity contribution is 6.38. The van der Waals surface area contributed by atoms with Crippen LogP contribution in [0.4, 0.5) is 8.78 Å². The van der Waals surface area contributed by atoms with Gasteiger partial charge in [0.25, 0.3) is 0 Å². The molecule has 3 aromatic rings. The Morgan fingerprint density at radius 2 is 1.93 bits per heavy atom. The van der Waals surface area contributed by atoms with Crippen LogP contribution in [0.25, 0.3) is 10.9 Å². The fourth-order valence-electron chi connectivity index (χ4n) is 3.18. The second kappa shape index (κ2) is 7.97. The molecule has 0 radical (unpaired) electrons. The number of nitrogens with zero attached hydrogens (tertiary/aromatic N) is 1. The van der Waals surface area contributed by atoms with Crippen LogP contribution in [0.3, 0.4) is 0 Å². The second-order valence-corrected chi connectivity index (χ2v) is 7.09. The number of aryl methyl sites for hydroxylation is 2. The first-order valence-corrected chi connectivity index (χ1v) is 9.07. The van der Waals surface area contributed by atoms with Crippen LogP contribution in [0, 0.1) is 6.92 Å². The molecule has 0 bridgehead atoms. The Balaban J connectivity index is 2.07. The maximum Gasteiger partial charge on any atom is 0.387 e. The summed E-state index contributed by atoms with van der Waals surface area (Å²) in [6.45, 7) is -1.07. The van der Waals surface area contributed by atoms with E-state index >= 15 is 0 Å². The fourth-order valence-corrected chi connectivity index (χ4v) is 3.76. The zero-order valence-electron chi connectivity index (χ0n) is 15.4. The highest BCUT2D eigenvalue weighted by Gasteiger charge is 2.19. The molecule has 0 aliphatic carbocycles. The number of rotatable bonds is 5. The van der Waals surface area contributed by atoms with E-state index in [0.717, 1.165) is 22.2 Å². The molecule has 2 aromatic carbocycles. The molecule has 0 aliphatic heterocycles. The molecule has 0 unspecified atom stereocenters. The van der Waals surface area contributed by atoms with Crippen LogP contribution in [-0.4, -0.2) is 24.3 Å². The van der Waals surface area contributed by atoms with Crippen molar-refractivity contribution in [3.63, 3.8) is 0 Å². The molecule has 0 amide bonds. The SMILES string of the molecule is COC(=O)c1ccc(Cl)c(Cc2cc3c(C)cc(OC(F)F)cc3n2C)c1Cl. The van der Waals surface area contributed by atoms with Crippen molar-refractivity contribution in [3.05, 3.63) is 62.8 Å². The number of fused-ring (bicyclic) bond motifs is 1. The zero-order valence-corrected chi connectivity index (χ0v) is 16.9. The van der Waals surface area contributed by atoms with Crippen LogP contribution in [0.5, 0.6) is 5.75 Å². The van der Waals surface area contributed by atoms with Gasteiger partial charge in [0.05, 0.1) is 23.2 Å². The average molecular weight is 428 g/mol. The smallest absolute Gasteiger partial charge is 0.387 e. The summed E-state index contributed by atoms with van der Waals surface area (Å²) in [7, 11) is 3.09. The second-order valence-electron chi connectivity index (χ2n) is 6.30. The number of hydrogen-bond acceptors (Lipinski definition) is 3. The average Bonchev–Trinajstić information content (AvgIpc) is 2.94. The Labute approximate surface area is 170 Å². The van der Waals surface area contributed by atoms with Crippen molar-refractivity contribution in [2.45, 2.75) is 20.0 Å². The van der Waals surface area contributed by atoms with Crippen molar-refractivity contribution < 1.29 is 23.0 Å². The van der Waals surface area contributed by atoms with Gasteiger partial charge in [0.15, 0.2) is 0 Å². The van der Waals surface area contributed by atoms with E-state index in [9.17, 15) is 13.6 Å². The monoisotopic (exact) mass is 427 g/mol. The first-order chi connectivity index (χ1) is 13.2. The fraction of sp³-hybridized carbons (Fsp3) is 0.250. The molecule has 1 heterocycles. The van der Waals surface area contributed by atoms with E-state index in [-0.39, 0.29) is 16.3 Å². The highest BCUT2D eigenvalue weighted by atomic mass is 35.5. The first-order valence-electron chi connectivity index (χ1n) is 8.31. The zero-order chi connectivity index (χ0) is 20.6. The minimum Gasteiger partial charge on any atom is -0.465 e. The van der Waals surface area contributed by atoms with E-state index < -0.39 is 12.6 Å². The Hall–Kier alpha value is -2.31. The molecule has 28 heavy (non-hydrogen) atoms. The number of carbonyl (C=O) groups is 1. The van der Waals surface area contributed by atoms with Gasteiger partial charge in [-0.25, -0.2) is 4.79 Å². The maximum absolute atomic E-state index is 12.6. The van der Waals surface area contributed by atoms with Gasteiger partial charge in [-0.1, -0.05) is 23.2 Å². The number of esters is 1. The summed E-state index contributed by atoms with van der Waals surface area (Å²) in [6, 6.07) is 8.17. The Kier molecular flexibility index (Phi) is 5.82. The van der Waals surface area contributed by atoms with Crippen LogP contribution in [0.2, 0.25) is 10.0 Å². The van der Waals surface area contributed by atoms with Gasteiger partial charge >= 0.3 is 12.6 Å². The van der Waals surface area contributed by atoms with E-state index in [0.29, 0.717) is 17.0 Å². The van der Waals surface area contributed by atoms with Gasteiger partial charge in [0.1, 0.15) is 5.75 Å². The summed E-state index contributed by atoms with van der Waals surface area (Å²) >= 11 is 12.7. The highest BCUT2D eigenvalue weighted by Crippen LogP contribution is 2.34. The summed E-state index contributed by atoms with van der Waals surface area (Å²) in [6.07, 6.45) is 0.345. The molecule has 4 nitrogen and oxygen atoms in total. The van der Waals surface area contributed by atoms with Crippen LogP contribution in [0.1, 0.15) is 27.2 Å². The van der Waals surface area contributed by atoms with Crippen molar-refractivity contribution in [2.75, 3.05) is 7.11 Å². The Morgan fingerprint density at radius 3 is 2.57 bits per heavy atom. The number of halogens is 4. The molecule has 0 saturated heterocycles. The summed E-state index contributed by atoms with van der Waals surface area (Å²) in [5.74, 6) is -0.457. The Bertz CT molecular complexity index is 1060. The van der Waals surface area contributed by atoms with E-state index in [1.54, 1.807) is 18.2 Å². The summed E-state index contributed by atoms with van der Waals surface area (Å²) in [5.41, 5.74) is 3.20. The number of carbonyl (C=O) groups excluding carboxylic acids is 1. The van der Waals surface area contributed by atoms with E-state index in [2.05, 4.69) is 4.74 Å². The van der Waals surface area contributed by atoms with Crippen LogP contribution in [-0.2, 0) is 18.2 Å². The standard InChI is InChI=1S/C20H17Cl2F2NO3/c1-10-6-12(28-20(23)24)9-17-14(10)7-11(25(17)2)8-15-16(21)5-4-13(18(15)22)19(26)27-3/h4-7,9,20H,8H2,1-3H3. The predicted octanol–water partition coefficient (Wildman–Crippen LogP) is 5.77. The number of alkyl halides is 2. The largest absolute Gasteiger partial charge is 0.465 e. The topological polar surface area (TPSA) is 40.5 Å². The Morgan fingerprint density at radius 1 is 1.21 bits per heavy atom. The van der Waals surface area contributed by atoms with Crippen molar-refractivity contribution in [3.8, 4) is 5.75 Å². The van der Waals surface area contributed by atoms with Gasteiger partial charge in [0.2, 0.25) is 0 Å². The molecule has 0 saturated carbocycles. The van der Waals surface area contributed by atoms with E-state index in [1.807, 2.05) is 24.6 Å². The van der Waals surface area contributed by atoms with Gasteiger partial charge in [-0.2, -0.15) is 8.78 Å². The van der Waals surface area contributed by atoms with E-state index in [4.69, 9.17) is 27.9 Å². The number of aromatic nitrogens is 1. The third-order valence-electron chi connectivity index (χ3n) is 4.62. The molecular weight excluding hydrogens is 411 g/mol. The third-order valence-corrected chi connectivity index (χ3v) is 5.40. The molecule has 8 heteroatoms. The molecule has 0 aliphatic rings. The normalized spacial score (nSPS) is 11.3. The molecule has 148 valence electrons. The van der Waals surface area contributed by atoms with Crippen molar-refractivity contribution in [1.29, 1.82) is 0 Å². The number of hydrogen-bond donors (Lipinski definition) is 0. The lowest BCUT2D eigenvalue weighted by molar-refractivity contribution is -0.0497. The third kappa shape index (κ3) is 3.80. The summed E-state index contributed by atoms with van der Waals surface area (Å²) in [5, 5.41) is 1.54. The molecule has 0 fully saturated rings. The van der Waals surface area contributed by atoms with E-state index in [1.165, 1.54) is 13.2 Å². The maximum atomic E-state index is 12.6. The lowest BCUT2D eigenvalue weighted by atomic mass is 10.1. The van der Waals surface area contributed by atoms with Crippen molar-refractivity contribution in [1.82, 2.24) is 4.57 Å². The molecule has 0 spiro atoms. The van der Waals surface area contributed by atoms with Gasteiger partial charge in [-0.3, -0.25) is 0 Å². The quantitative estimate of drug-likeness (QED) is 0.485. The van der Waals surface area contributed by atoms with Crippen LogP contribution in [0.15, 0.2) is 30.3 Å². The molecular formula is C20H17Cl2F2NO3. The molecule has 3 rings (SSSR count). The lowest BCUT2D eigenvalue weighted by Gasteiger charge is -2.12. The molecule has 0 N–H and O–H groups in total. The van der Waals surface area contributed by atoms with Gasteiger partial charge in [-0.05, 0) is 42.3 Å². The minimum atomic E-state index is -2.89. The molecule has 1 aromatic heterocycles.